The van der Waals surface area contributed by atoms with Crippen LogP contribution < -0.4 is 10.1 Å². The van der Waals surface area contributed by atoms with Crippen LogP contribution in [0.3, 0.4) is 0 Å². The molecule has 0 spiro atoms. The number of hydrogen-bond donors (Lipinski definition) is 1. The molecule has 2 aliphatic heterocycles. The Balaban J connectivity index is 0.00000261. The van der Waals surface area contributed by atoms with Gasteiger partial charge < -0.3 is 15.0 Å². The lowest BCUT2D eigenvalue weighted by Gasteiger charge is -2.40. The molecule has 2 heterocycles. The summed E-state index contributed by atoms with van der Waals surface area (Å²) in [5, 5.41) is 3.06. The van der Waals surface area contributed by atoms with Crippen LogP contribution in [0.15, 0.2) is 17.0 Å². The zero-order valence-electron chi connectivity index (χ0n) is 16.0. The predicted molar refractivity (Wildman–Crippen MR) is 106 cm³/mol. The average molecular weight is 418 g/mol. The largest absolute Gasteiger partial charge is 0.496 e. The number of nitrogens with zero attached hydrogens (tertiary/aromatic N) is 2. The molecule has 1 atom stereocenters. The molecule has 0 aliphatic carbocycles. The van der Waals surface area contributed by atoms with E-state index in [9.17, 15) is 13.2 Å². The van der Waals surface area contributed by atoms with E-state index in [2.05, 4.69) is 5.32 Å². The number of ether oxygens (including phenoxy) is 1. The lowest BCUT2D eigenvalue weighted by Crippen LogP contribution is -2.57. The van der Waals surface area contributed by atoms with Crippen molar-refractivity contribution in [1.29, 1.82) is 0 Å². The molecule has 0 aromatic heterocycles. The summed E-state index contributed by atoms with van der Waals surface area (Å²) < 4.78 is 33.2. The van der Waals surface area contributed by atoms with Crippen molar-refractivity contribution in [2.24, 2.45) is 0 Å². The molecule has 0 saturated carbocycles. The topological polar surface area (TPSA) is 79.0 Å². The van der Waals surface area contributed by atoms with Gasteiger partial charge in [-0.2, -0.15) is 4.31 Å². The molecule has 3 rings (SSSR count). The number of aryl methyl sites for hydroxylation is 2. The molecule has 0 bridgehead atoms. The lowest BCUT2D eigenvalue weighted by atomic mass is 10.1. The Bertz CT molecular complexity index is 777. The van der Waals surface area contributed by atoms with Crippen molar-refractivity contribution in [3.8, 4) is 5.75 Å². The molecule has 1 unspecified atom stereocenters. The van der Waals surface area contributed by atoms with Crippen LogP contribution in [-0.4, -0.2) is 69.4 Å². The molecule has 1 aromatic carbocycles. The van der Waals surface area contributed by atoms with Crippen LogP contribution in [0, 0.1) is 13.8 Å². The van der Waals surface area contributed by atoms with Crippen LogP contribution >= 0.6 is 12.4 Å². The van der Waals surface area contributed by atoms with Crippen LogP contribution in [0.2, 0.25) is 0 Å². The minimum atomic E-state index is -3.60. The van der Waals surface area contributed by atoms with E-state index in [-0.39, 0.29) is 24.4 Å². The van der Waals surface area contributed by atoms with Gasteiger partial charge >= 0.3 is 0 Å². The molecule has 9 heteroatoms. The molecule has 1 N–H and O–H groups in total. The molecule has 1 amide bonds. The first kappa shape index (κ1) is 21.9. The summed E-state index contributed by atoms with van der Waals surface area (Å²) in [5.41, 5.74) is 1.61. The number of rotatable bonds is 4. The molecule has 1 aromatic rings. The van der Waals surface area contributed by atoms with E-state index in [0.717, 1.165) is 30.5 Å². The number of hydrogen-bond acceptors (Lipinski definition) is 5. The van der Waals surface area contributed by atoms with Gasteiger partial charge in [-0.3, -0.25) is 4.79 Å². The summed E-state index contributed by atoms with van der Waals surface area (Å²) in [6.45, 7) is 6.28. The summed E-state index contributed by atoms with van der Waals surface area (Å²) in [5.74, 6) is 0.767. The highest BCUT2D eigenvalue weighted by Crippen LogP contribution is 2.29. The number of methoxy groups -OCH3 is 1. The highest BCUT2D eigenvalue weighted by molar-refractivity contribution is 7.89. The first-order chi connectivity index (χ1) is 12.3. The van der Waals surface area contributed by atoms with Gasteiger partial charge in [0.05, 0.1) is 18.6 Å². The Hall–Kier alpha value is -1.35. The Kier molecular flexibility index (Phi) is 7.13. The van der Waals surface area contributed by atoms with E-state index < -0.39 is 10.0 Å². The molecule has 2 saturated heterocycles. The van der Waals surface area contributed by atoms with Gasteiger partial charge in [0, 0.05) is 32.2 Å². The number of benzene rings is 1. The molecule has 27 heavy (non-hydrogen) atoms. The molecule has 0 radical (unpaired) electrons. The van der Waals surface area contributed by atoms with Gasteiger partial charge in [-0.05, 0) is 49.9 Å². The second-order valence-electron chi connectivity index (χ2n) is 7.01. The highest BCUT2D eigenvalue weighted by atomic mass is 35.5. The van der Waals surface area contributed by atoms with Crippen LogP contribution in [0.1, 0.15) is 24.0 Å². The maximum Gasteiger partial charge on any atom is 0.243 e. The van der Waals surface area contributed by atoms with Gasteiger partial charge in [0.25, 0.3) is 0 Å². The first-order valence-electron chi connectivity index (χ1n) is 9.00. The summed E-state index contributed by atoms with van der Waals surface area (Å²) in [6, 6.07) is 3.29. The number of sulfonamides is 1. The minimum Gasteiger partial charge on any atom is -0.496 e. The van der Waals surface area contributed by atoms with Gasteiger partial charge in [-0.15, -0.1) is 12.4 Å². The Morgan fingerprint density at radius 1 is 1.19 bits per heavy atom. The van der Waals surface area contributed by atoms with Crippen molar-refractivity contribution >= 4 is 28.3 Å². The fourth-order valence-electron chi connectivity index (χ4n) is 3.93. The van der Waals surface area contributed by atoms with Gasteiger partial charge in [-0.1, -0.05) is 0 Å². The lowest BCUT2D eigenvalue weighted by molar-refractivity contribution is -0.135. The molecule has 2 fully saturated rings. The third-order valence-corrected chi connectivity index (χ3v) is 7.04. The second-order valence-corrected chi connectivity index (χ2v) is 8.95. The van der Waals surface area contributed by atoms with E-state index in [1.807, 2.05) is 18.7 Å². The Labute approximate surface area is 167 Å². The van der Waals surface area contributed by atoms with Crippen LogP contribution in [0.25, 0.3) is 0 Å². The molecular weight excluding hydrogens is 390 g/mol. The minimum absolute atomic E-state index is 0. The fraction of sp³-hybridized carbons (Fsp3) is 0.611. The third-order valence-electron chi connectivity index (χ3n) is 5.20. The van der Waals surface area contributed by atoms with Crippen LogP contribution in [-0.2, 0) is 14.8 Å². The van der Waals surface area contributed by atoms with E-state index in [4.69, 9.17) is 4.74 Å². The summed E-state index contributed by atoms with van der Waals surface area (Å²) in [4.78, 5) is 14.3. The second kappa shape index (κ2) is 8.77. The van der Waals surface area contributed by atoms with Gasteiger partial charge in [0.2, 0.25) is 15.9 Å². The quantitative estimate of drug-likeness (QED) is 0.799. The number of piperazine rings is 1. The van der Waals surface area contributed by atoms with Crippen molar-refractivity contribution in [2.45, 2.75) is 37.6 Å². The average Bonchev–Trinajstić information content (AvgIpc) is 2.62. The SMILES string of the molecule is COc1c(C)cc(S(=O)(=O)N2CCCC(N3CCNCC3=O)C2)cc1C.Cl. The molecular formula is C18H28ClN3O4S. The predicted octanol–water partition coefficient (Wildman–Crippen LogP) is 1.32. The molecule has 152 valence electrons. The zero-order valence-corrected chi connectivity index (χ0v) is 17.7. The normalized spacial score (nSPS) is 21.7. The zero-order chi connectivity index (χ0) is 18.9. The third kappa shape index (κ3) is 4.39. The Morgan fingerprint density at radius 3 is 2.44 bits per heavy atom. The van der Waals surface area contributed by atoms with E-state index in [1.165, 1.54) is 4.31 Å². The smallest absolute Gasteiger partial charge is 0.243 e. The Morgan fingerprint density at radius 2 is 1.85 bits per heavy atom. The van der Waals surface area contributed by atoms with Crippen molar-refractivity contribution in [1.82, 2.24) is 14.5 Å². The van der Waals surface area contributed by atoms with E-state index in [0.29, 0.717) is 36.8 Å². The number of carbonyl (C=O) groups excluding carboxylic acids is 1. The number of nitrogens with one attached hydrogen (secondary N) is 1. The van der Waals surface area contributed by atoms with Crippen molar-refractivity contribution in [2.75, 3.05) is 39.8 Å². The first-order valence-corrected chi connectivity index (χ1v) is 10.4. The van der Waals surface area contributed by atoms with Crippen molar-refractivity contribution in [3.63, 3.8) is 0 Å². The number of amides is 1. The van der Waals surface area contributed by atoms with Gasteiger partial charge in [0.1, 0.15) is 5.75 Å². The summed E-state index contributed by atoms with van der Waals surface area (Å²) >= 11 is 0. The van der Waals surface area contributed by atoms with E-state index >= 15 is 0 Å². The van der Waals surface area contributed by atoms with Crippen molar-refractivity contribution < 1.29 is 17.9 Å². The van der Waals surface area contributed by atoms with Crippen LogP contribution in [0.5, 0.6) is 5.75 Å². The molecule has 2 aliphatic rings. The van der Waals surface area contributed by atoms with Gasteiger partial charge in [-0.25, -0.2) is 8.42 Å². The number of piperidine rings is 1. The summed E-state index contributed by atoms with van der Waals surface area (Å²) in [6.07, 6.45) is 1.60. The van der Waals surface area contributed by atoms with Crippen LogP contribution in [0.4, 0.5) is 0 Å². The summed E-state index contributed by atoms with van der Waals surface area (Å²) in [7, 11) is -2.01. The standard InChI is InChI=1S/C18H27N3O4S.ClH/c1-13-9-16(10-14(2)18(13)25-3)26(23,24)20-7-4-5-15(12-20)21-8-6-19-11-17(21)22;/h9-10,15,19H,4-8,11-12H2,1-3H3;1H. The monoisotopic (exact) mass is 417 g/mol. The van der Waals surface area contributed by atoms with Gasteiger partial charge in [0.15, 0.2) is 0 Å². The number of halogens is 1. The highest BCUT2D eigenvalue weighted by Gasteiger charge is 2.35. The maximum atomic E-state index is 13.2. The van der Waals surface area contributed by atoms with Crippen molar-refractivity contribution in [3.05, 3.63) is 23.3 Å². The maximum absolute atomic E-state index is 13.2. The molecule has 7 nitrogen and oxygen atoms in total. The fourth-order valence-corrected chi connectivity index (χ4v) is 5.62. The van der Waals surface area contributed by atoms with E-state index in [1.54, 1.807) is 19.2 Å². The number of carbonyl (C=O) groups is 1.